The lowest BCUT2D eigenvalue weighted by atomic mass is 10.1. The molecule has 4 nitrogen and oxygen atoms in total. The summed E-state index contributed by atoms with van der Waals surface area (Å²) in [5.74, 6) is -0.245. The highest BCUT2D eigenvalue weighted by Crippen LogP contribution is 2.15. The lowest BCUT2D eigenvalue weighted by Crippen LogP contribution is -1.91. The molecule has 0 spiro atoms. The van der Waals surface area contributed by atoms with Gasteiger partial charge in [0.25, 0.3) is 0 Å². The maximum Gasteiger partial charge on any atom is 0.302 e. The number of hydrogen-bond donors (Lipinski definition) is 2. The van der Waals surface area contributed by atoms with Crippen LogP contribution in [0, 0.1) is 0 Å². The fraction of sp³-hybridized carbons (Fsp3) is 0.182. The Morgan fingerprint density at radius 1 is 1.47 bits per heavy atom. The lowest BCUT2D eigenvalue weighted by molar-refractivity contribution is -0.137. The molecule has 0 saturated heterocycles. The summed E-state index contributed by atoms with van der Waals surface area (Å²) >= 11 is 0. The van der Waals surface area contributed by atoms with Crippen LogP contribution in [0.5, 0.6) is 0 Å². The molecule has 0 radical (unpaired) electrons. The molecule has 0 unspecified atom stereocenters. The van der Waals surface area contributed by atoms with Crippen LogP contribution < -0.4 is 11.5 Å². The van der Waals surface area contributed by atoms with Gasteiger partial charge in [-0.25, -0.2) is 0 Å². The number of nitrogen functional groups attached to an aromatic ring is 2. The summed E-state index contributed by atoms with van der Waals surface area (Å²) in [5.41, 5.74) is 13.3. The average molecular weight is 208 g/mol. The summed E-state index contributed by atoms with van der Waals surface area (Å²) in [6, 6.07) is 5.36. The summed E-state index contributed by atoms with van der Waals surface area (Å²) in [5, 5.41) is 0. The first-order chi connectivity index (χ1) is 7.01. The number of ether oxygens (including phenoxy) is 1. The number of methoxy groups -OCH3 is 1. The molecule has 1 aromatic rings. The molecule has 0 fully saturated rings. The molecule has 1 rings (SSSR count). The Hall–Kier alpha value is -1.97. The van der Waals surface area contributed by atoms with Crippen molar-refractivity contribution in [2.45, 2.75) is 6.92 Å². The summed E-state index contributed by atoms with van der Waals surface area (Å²) in [6.07, 6.45) is 1.70. The Kier molecular flexibility index (Phi) is 5.63. The zero-order valence-corrected chi connectivity index (χ0v) is 8.99. The number of benzene rings is 1. The molecule has 0 amide bonds. The highest BCUT2D eigenvalue weighted by Gasteiger charge is 1.92. The van der Waals surface area contributed by atoms with E-state index < -0.39 is 0 Å². The van der Waals surface area contributed by atoms with Crippen LogP contribution in [0.2, 0.25) is 0 Å². The number of carbonyl (C=O) groups is 1. The van der Waals surface area contributed by atoms with Gasteiger partial charge in [-0.05, 0) is 17.7 Å². The molecule has 0 bridgehead atoms. The molecule has 1 aromatic carbocycles. The van der Waals surface area contributed by atoms with E-state index in [9.17, 15) is 4.79 Å². The minimum absolute atomic E-state index is 0.245. The smallest absolute Gasteiger partial charge is 0.302 e. The van der Waals surface area contributed by atoms with Gasteiger partial charge in [0.05, 0.1) is 7.11 Å². The number of esters is 1. The molecule has 0 aliphatic rings. The first-order valence-electron chi connectivity index (χ1n) is 4.33. The highest BCUT2D eigenvalue weighted by molar-refractivity contribution is 5.67. The van der Waals surface area contributed by atoms with E-state index in [1.54, 1.807) is 18.2 Å². The van der Waals surface area contributed by atoms with Crippen molar-refractivity contribution in [1.29, 1.82) is 0 Å². The molecular formula is C11H16N2O2. The van der Waals surface area contributed by atoms with Crippen molar-refractivity contribution in [2.75, 3.05) is 18.6 Å². The van der Waals surface area contributed by atoms with Crippen molar-refractivity contribution in [2.24, 2.45) is 0 Å². The first kappa shape index (κ1) is 13.0. The van der Waals surface area contributed by atoms with Gasteiger partial charge in [-0.2, -0.15) is 0 Å². The quantitative estimate of drug-likeness (QED) is 0.543. The van der Waals surface area contributed by atoms with E-state index in [1.165, 1.54) is 14.0 Å². The van der Waals surface area contributed by atoms with Gasteiger partial charge in [0.15, 0.2) is 0 Å². The zero-order valence-electron chi connectivity index (χ0n) is 8.99. The number of carbonyl (C=O) groups excluding carboxylic acids is 1. The van der Waals surface area contributed by atoms with E-state index in [0.29, 0.717) is 11.4 Å². The van der Waals surface area contributed by atoms with Gasteiger partial charge < -0.3 is 16.2 Å². The summed E-state index contributed by atoms with van der Waals surface area (Å²) in [6.45, 7) is 4.96. The molecule has 0 aliphatic heterocycles. The van der Waals surface area contributed by atoms with Crippen molar-refractivity contribution in [1.82, 2.24) is 0 Å². The van der Waals surface area contributed by atoms with E-state index in [1.807, 2.05) is 6.07 Å². The molecule has 15 heavy (non-hydrogen) atoms. The van der Waals surface area contributed by atoms with Gasteiger partial charge in [0.2, 0.25) is 0 Å². The van der Waals surface area contributed by atoms with Crippen LogP contribution in [0.4, 0.5) is 11.4 Å². The Labute approximate surface area is 89.5 Å². The molecule has 4 N–H and O–H groups in total. The largest absolute Gasteiger partial charge is 0.469 e. The normalized spacial score (nSPS) is 8.40. The predicted octanol–water partition coefficient (Wildman–Crippen LogP) is 1.67. The van der Waals surface area contributed by atoms with Crippen LogP contribution in [-0.2, 0) is 9.53 Å². The van der Waals surface area contributed by atoms with Gasteiger partial charge >= 0.3 is 5.97 Å². The third-order valence-corrected chi connectivity index (χ3v) is 1.62. The van der Waals surface area contributed by atoms with Crippen LogP contribution in [-0.4, -0.2) is 13.1 Å². The fourth-order valence-electron chi connectivity index (χ4n) is 0.779. The van der Waals surface area contributed by atoms with Crippen molar-refractivity contribution in [3.8, 4) is 0 Å². The van der Waals surface area contributed by atoms with E-state index in [4.69, 9.17) is 11.5 Å². The lowest BCUT2D eigenvalue weighted by Gasteiger charge is -1.99. The summed E-state index contributed by atoms with van der Waals surface area (Å²) < 4.78 is 4.11. The molecule has 4 heteroatoms. The Balaban J connectivity index is 0.000000336. The van der Waals surface area contributed by atoms with Crippen LogP contribution in [0.15, 0.2) is 24.8 Å². The minimum Gasteiger partial charge on any atom is -0.469 e. The molecule has 0 heterocycles. The summed E-state index contributed by atoms with van der Waals surface area (Å²) in [4.78, 5) is 9.59. The highest BCUT2D eigenvalue weighted by atomic mass is 16.5. The van der Waals surface area contributed by atoms with Crippen LogP contribution in [0.1, 0.15) is 12.5 Å². The summed E-state index contributed by atoms with van der Waals surface area (Å²) in [7, 11) is 1.35. The van der Waals surface area contributed by atoms with Gasteiger partial charge in [-0.15, -0.1) is 0 Å². The van der Waals surface area contributed by atoms with Crippen LogP contribution in [0.25, 0.3) is 6.08 Å². The fourth-order valence-corrected chi connectivity index (χ4v) is 0.779. The van der Waals surface area contributed by atoms with E-state index in [2.05, 4.69) is 11.3 Å². The third kappa shape index (κ3) is 5.36. The second-order valence-corrected chi connectivity index (χ2v) is 2.79. The Morgan fingerprint density at radius 3 is 2.33 bits per heavy atom. The zero-order chi connectivity index (χ0) is 11.8. The molecular weight excluding hydrogens is 192 g/mol. The maximum atomic E-state index is 9.59. The number of hydrogen-bond acceptors (Lipinski definition) is 4. The third-order valence-electron chi connectivity index (χ3n) is 1.62. The van der Waals surface area contributed by atoms with E-state index >= 15 is 0 Å². The topological polar surface area (TPSA) is 78.3 Å². The Morgan fingerprint density at radius 2 is 2.00 bits per heavy atom. The average Bonchev–Trinajstić information content (AvgIpc) is 2.19. The van der Waals surface area contributed by atoms with Gasteiger partial charge in [-0.3, -0.25) is 4.79 Å². The van der Waals surface area contributed by atoms with E-state index in [-0.39, 0.29) is 5.97 Å². The van der Waals surface area contributed by atoms with Crippen molar-refractivity contribution in [3.05, 3.63) is 30.3 Å². The van der Waals surface area contributed by atoms with Crippen LogP contribution >= 0.6 is 0 Å². The number of nitrogens with two attached hydrogens (primary N) is 2. The SMILES string of the molecule is C=Cc1ccc(N)cc1N.COC(C)=O. The molecule has 0 aromatic heterocycles. The molecule has 0 atom stereocenters. The van der Waals surface area contributed by atoms with Gasteiger partial charge in [0.1, 0.15) is 0 Å². The van der Waals surface area contributed by atoms with E-state index in [0.717, 1.165) is 5.56 Å². The predicted molar refractivity (Wildman–Crippen MR) is 63.0 cm³/mol. The second kappa shape index (κ2) is 6.48. The first-order valence-corrected chi connectivity index (χ1v) is 4.33. The van der Waals surface area contributed by atoms with Crippen molar-refractivity contribution >= 4 is 23.4 Å². The second-order valence-electron chi connectivity index (χ2n) is 2.79. The van der Waals surface area contributed by atoms with Gasteiger partial charge in [0, 0.05) is 18.3 Å². The van der Waals surface area contributed by atoms with Crippen LogP contribution in [0.3, 0.4) is 0 Å². The van der Waals surface area contributed by atoms with Crippen molar-refractivity contribution in [3.63, 3.8) is 0 Å². The molecule has 82 valence electrons. The minimum atomic E-state index is -0.245. The standard InChI is InChI=1S/C8H10N2.C3H6O2/c1-2-6-3-4-7(9)5-8(6)10;1-3(4)5-2/h2-5H,1,9-10H2;1-2H3. The maximum absolute atomic E-state index is 9.59. The molecule has 0 aliphatic carbocycles. The Bertz CT molecular complexity index is 348. The monoisotopic (exact) mass is 208 g/mol. The number of anilines is 2. The number of rotatable bonds is 1. The molecule has 0 saturated carbocycles. The van der Waals surface area contributed by atoms with Gasteiger partial charge in [-0.1, -0.05) is 18.7 Å². The van der Waals surface area contributed by atoms with Crippen molar-refractivity contribution < 1.29 is 9.53 Å².